The van der Waals surface area contributed by atoms with Crippen LogP contribution in [-0.4, -0.2) is 59.5 Å². The molecule has 168 valence electrons. The van der Waals surface area contributed by atoms with Crippen LogP contribution in [-0.2, 0) is 16.1 Å². The third-order valence-electron chi connectivity index (χ3n) is 5.29. The zero-order chi connectivity index (χ0) is 22.1. The second kappa shape index (κ2) is 11.7. The second-order valence-electron chi connectivity index (χ2n) is 7.53. The highest BCUT2D eigenvalue weighted by Crippen LogP contribution is 2.18. The molecular weight excluding hydrogens is 418 g/mol. The van der Waals surface area contributed by atoms with Gasteiger partial charge in [0.1, 0.15) is 0 Å². The van der Waals surface area contributed by atoms with E-state index in [1.54, 1.807) is 15.8 Å². The molecule has 0 radical (unpaired) electrons. The maximum Gasteiger partial charge on any atom is 0.317 e. The number of urea groups is 1. The number of amides is 3. The van der Waals surface area contributed by atoms with E-state index in [9.17, 15) is 9.59 Å². The quantitative estimate of drug-likeness (QED) is 0.578. The van der Waals surface area contributed by atoms with Gasteiger partial charge in [0, 0.05) is 62.1 Å². The van der Waals surface area contributed by atoms with E-state index in [1.807, 2.05) is 37.4 Å². The van der Waals surface area contributed by atoms with Crippen molar-refractivity contribution in [2.24, 2.45) is 5.92 Å². The molecule has 2 heterocycles. The number of rotatable bonds is 9. The van der Waals surface area contributed by atoms with Crippen LogP contribution >= 0.6 is 11.6 Å². The van der Waals surface area contributed by atoms with E-state index < -0.39 is 0 Å². The molecule has 2 aromatic rings. The van der Waals surface area contributed by atoms with Gasteiger partial charge in [-0.3, -0.25) is 4.79 Å². The van der Waals surface area contributed by atoms with Crippen LogP contribution in [0.4, 0.5) is 4.79 Å². The summed E-state index contributed by atoms with van der Waals surface area (Å²) in [4.78, 5) is 26.5. The molecule has 1 fully saturated rings. The lowest BCUT2D eigenvalue weighted by molar-refractivity contribution is -0.126. The molecule has 0 bridgehead atoms. The number of hydrogen-bond acceptors (Lipinski definition) is 4. The zero-order valence-electron chi connectivity index (χ0n) is 17.8. The van der Waals surface area contributed by atoms with Gasteiger partial charge in [0.05, 0.1) is 11.9 Å². The maximum atomic E-state index is 12.5. The summed E-state index contributed by atoms with van der Waals surface area (Å²) in [5, 5.41) is 10.9. The molecule has 0 spiro atoms. The molecule has 9 heteroatoms. The summed E-state index contributed by atoms with van der Waals surface area (Å²) in [5.74, 6) is 0.0416. The molecule has 1 aromatic heterocycles. The molecule has 0 aliphatic carbocycles. The second-order valence-corrected chi connectivity index (χ2v) is 7.97. The van der Waals surface area contributed by atoms with Gasteiger partial charge >= 0.3 is 6.03 Å². The van der Waals surface area contributed by atoms with Crippen molar-refractivity contribution in [2.75, 3.05) is 32.8 Å². The Morgan fingerprint density at radius 2 is 1.94 bits per heavy atom. The van der Waals surface area contributed by atoms with Gasteiger partial charge in [-0.2, -0.15) is 5.10 Å². The van der Waals surface area contributed by atoms with Crippen molar-refractivity contribution in [1.82, 2.24) is 25.3 Å². The standard InChI is InChI=1S/C22H30ClN5O3/c1-2-31-13-3-10-24-21(29)18-8-11-27(12-9-18)22(30)25-14-17-15-26-28(16-17)20-6-4-19(23)5-7-20/h4-7,15-16,18H,2-3,8-14H2,1H3,(H,24,29)(H,25,30). The number of hydrogen-bond donors (Lipinski definition) is 2. The summed E-state index contributed by atoms with van der Waals surface area (Å²) in [6.07, 6.45) is 5.79. The van der Waals surface area contributed by atoms with E-state index in [2.05, 4.69) is 15.7 Å². The number of ether oxygens (including phenoxy) is 1. The Morgan fingerprint density at radius 3 is 2.65 bits per heavy atom. The Kier molecular flexibility index (Phi) is 8.73. The van der Waals surface area contributed by atoms with Crippen molar-refractivity contribution in [3.05, 3.63) is 47.2 Å². The molecule has 3 amide bonds. The number of likely N-dealkylation sites (tertiary alicyclic amines) is 1. The molecule has 0 atom stereocenters. The van der Waals surface area contributed by atoms with Crippen LogP contribution < -0.4 is 10.6 Å². The lowest BCUT2D eigenvalue weighted by atomic mass is 9.96. The van der Waals surface area contributed by atoms with Crippen LogP contribution in [0.5, 0.6) is 0 Å². The molecule has 31 heavy (non-hydrogen) atoms. The molecule has 1 aromatic carbocycles. The van der Waals surface area contributed by atoms with E-state index in [0.29, 0.717) is 57.3 Å². The summed E-state index contributed by atoms with van der Waals surface area (Å²) >= 11 is 5.92. The molecule has 0 saturated carbocycles. The van der Waals surface area contributed by atoms with E-state index in [0.717, 1.165) is 17.7 Å². The van der Waals surface area contributed by atoms with Gasteiger partial charge in [0.2, 0.25) is 5.91 Å². The first-order chi connectivity index (χ1) is 15.1. The number of carbonyl (C=O) groups is 2. The molecule has 0 unspecified atom stereocenters. The Balaban J connectivity index is 1.37. The fraction of sp³-hybridized carbons (Fsp3) is 0.500. The van der Waals surface area contributed by atoms with Crippen molar-refractivity contribution < 1.29 is 14.3 Å². The summed E-state index contributed by atoms with van der Waals surface area (Å²) in [5.41, 5.74) is 1.81. The predicted molar refractivity (Wildman–Crippen MR) is 119 cm³/mol. The SMILES string of the molecule is CCOCCCNC(=O)C1CCN(C(=O)NCc2cnn(-c3ccc(Cl)cc3)c2)CC1. The number of nitrogens with one attached hydrogen (secondary N) is 2. The smallest absolute Gasteiger partial charge is 0.317 e. The van der Waals surface area contributed by atoms with Crippen molar-refractivity contribution in [3.63, 3.8) is 0 Å². The summed E-state index contributed by atoms with van der Waals surface area (Å²) in [7, 11) is 0. The highest BCUT2D eigenvalue weighted by atomic mass is 35.5. The Morgan fingerprint density at radius 1 is 1.19 bits per heavy atom. The topological polar surface area (TPSA) is 88.5 Å². The highest BCUT2D eigenvalue weighted by molar-refractivity contribution is 6.30. The Hall–Kier alpha value is -2.58. The fourth-order valence-electron chi connectivity index (χ4n) is 3.50. The van der Waals surface area contributed by atoms with E-state index in [1.165, 1.54) is 0 Å². The summed E-state index contributed by atoms with van der Waals surface area (Å²) < 4.78 is 7.02. The number of piperidine rings is 1. The third-order valence-corrected chi connectivity index (χ3v) is 5.54. The zero-order valence-corrected chi connectivity index (χ0v) is 18.6. The van der Waals surface area contributed by atoms with Crippen LogP contribution in [0.2, 0.25) is 5.02 Å². The van der Waals surface area contributed by atoms with Gasteiger partial charge in [-0.25, -0.2) is 9.48 Å². The van der Waals surface area contributed by atoms with Crippen molar-refractivity contribution in [1.29, 1.82) is 0 Å². The van der Waals surface area contributed by atoms with E-state index in [4.69, 9.17) is 16.3 Å². The molecule has 1 saturated heterocycles. The predicted octanol–water partition coefficient (Wildman–Crippen LogP) is 2.99. The number of halogens is 1. The summed E-state index contributed by atoms with van der Waals surface area (Å²) in [6, 6.07) is 7.28. The fourth-order valence-corrected chi connectivity index (χ4v) is 3.62. The van der Waals surface area contributed by atoms with Crippen molar-refractivity contribution >= 4 is 23.5 Å². The first kappa shape index (κ1) is 23.1. The van der Waals surface area contributed by atoms with Gasteiger partial charge in [-0.1, -0.05) is 11.6 Å². The Labute approximate surface area is 187 Å². The lowest BCUT2D eigenvalue weighted by Crippen LogP contribution is -2.46. The number of nitrogens with zero attached hydrogens (tertiary/aromatic N) is 3. The van der Waals surface area contributed by atoms with Gasteiger partial charge < -0.3 is 20.3 Å². The molecule has 1 aliphatic rings. The largest absolute Gasteiger partial charge is 0.382 e. The molecular formula is C22H30ClN5O3. The molecule has 1 aliphatic heterocycles. The maximum absolute atomic E-state index is 12.5. The lowest BCUT2D eigenvalue weighted by Gasteiger charge is -2.31. The van der Waals surface area contributed by atoms with Crippen molar-refractivity contribution in [3.8, 4) is 5.69 Å². The van der Waals surface area contributed by atoms with Crippen LogP contribution in [0.15, 0.2) is 36.7 Å². The average Bonchev–Trinajstić information content (AvgIpc) is 3.27. The minimum absolute atomic E-state index is 0.0336. The van der Waals surface area contributed by atoms with Crippen LogP contribution in [0.1, 0.15) is 31.7 Å². The first-order valence-electron chi connectivity index (χ1n) is 10.7. The van der Waals surface area contributed by atoms with Gasteiger partial charge in [0.25, 0.3) is 0 Å². The number of carbonyl (C=O) groups excluding carboxylic acids is 2. The van der Waals surface area contributed by atoms with Crippen molar-refractivity contribution in [2.45, 2.75) is 32.7 Å². The van der Waals surface area contributed by atoms with E-state index in [-0.39, 0.29) is 17.9 Å². The monoisotopic (exact) mass is 447 g/mol. The van der Waals surface area contributed by atoms with Crippen LogP contribution in [0.3, 0.4) is 0 Å². The minimum atomic E-state index is -0.116. The van der Waals surface area contributed by atoms with Crippen LogP contribution in [0.25, 0.3) is 5.69 Å². The summed E-state index contributed by atoms with van der Waals surface area (Å²) in [6.45, 7) is 5.49. The molecule has 2 N–H and O–H groups in total. The third kappa shape index (κ3) is 6.97. The number of benzene rings is 1. The number of aromatic nitrogens is 2. The molecule has 8 nitrogen and oxygen atoms in total. The van der Waals surface area contributed by atoms with Crippen LogP contribution in [0, 0.1) is 5.92 Å². The highest BCUT2D eigenvalue weighted by Gasteiger charge is 2.27. The minimum Gasteiger partial charge on any atom is -0.382 e. The van der Waals surface area contributed by atoms with Gasteiger partial charge in [-0.05, 0) is 50.5 Å². The van der Waals surface area contributed by atoms with E-state index >= 15 is 0 Å². The average molecular weight is 448 g/mol. The Bertz CT molecular complexity index is 847. The van der Waals surface area contributed by atoms with Gasteiger partial charge in [0.15, 0.2) is 0 Å². The first-order valence-corrected chi connectivity index (χ1v) is 11.1. The van der Waals surface area contributed by atoms with Gasteiger partial charge in [-0.15, -0.1) is 0 Å². The normalized spacial score (nSPS) is 14.5. The molecule has 3 rings (SSSR count).